The van der Waals surface area contributed by atoms with Crippen molar-refractivity contribution < 1.29 is 4.74 Å². The molecule has 19 heavy (non-hydrogen) atoms. The van der Waals surface area contributed by atoms with Crippen molar-refractivity contribution in [1.29, 1.82) is 0 Å². The van der Waals surface area contributed by atoms with Crippen LogP contribution < -0.4 is 15.4 Å². The van der Waals surface area contributed by atoms with Crippen LogP contribution in [0.5, 0.6) is 5.75 Å². The van der Waals surface area contributed by atoms with Crippen LogP contribution in [0.15, 0.2) is 42.6 Å². The van der Waals surface area contributed by atoms with Gasteiger partial charge in [0, 0.05) is 11.9 Å². The van der Waals surface area contributed by atoms with E-state index in [1.807, 2.05) is 43.3 Å². The summed E-state index contributed by atoms with van der Waals surface area (Å²) in [4.78, 5) is 4.23. The molecule has 1 heterocycles. The quantitative estimate of drug-likeness (QED) is 0.841. The maximum atomic E-state index is 5.25. The zero-order chi connectivity index (χ0) is 13.7. The number of nitrogens with one attached hydrogen (secondary N) is 2. The molecule has 0 saturated heterocycles. The summed E-state index contributed by atoms with van der Waals surface area (Å²) in [7, 11) is 1.64. The lowest BCUT2D eigenvalue weighted by Gasteiger charge is -2.11. The van der Waals surface area contributed by atoms with Crippen LogP contribution in [0.1, 0.15) is 5.56 Å². The molecule has 98 valence electrons. The van der Waals surface area contributed by atoms with E-state index in [4.69, 9.17) is 17.0 Å². The molecule has 2 rings (SSSR count). The lowest BCUT2D eigenvalue weighted by Crippen LogP contribution is -2.20. The fraction of sp³-hybridized carbons (Fsp3) is 0.143. The monoisotopic (exact) mass is 273 g/mol. The molecule has 0 amide bonds. The number of ether oxygens (including phenoxy) is 1. The molecule has 0 aliphatic rings. The lowest BCUT2D eigenvalue weighted by molar-refractivity contribution is 0.415. The zero-order valence-corrected chi connectivity index (χ0v) is 11.6. The van der Waals surface area contributed by atoms with Gasteiger partial charge in [-0.2, -0.15) is 0 Å². The first-order valence-electron chi connectivity index (χ1n) is 5.83. The molecule has 0 radical (unpaired) electrons. The first-order valence-corrected chi connectivity index (χ1v) is 6.23. The van der Waals surface area contributed by atoms with E-state index < -0.39 is 0 Å². The van der Waals surface area contributed by atoms with Crippen LogP contribution >= 0.6 is 12.2 Å². The number of benzene rings is 1. The second-order valence-electron chi connectivity index (χ2n) is 3.98. The molecule has 2 aromatic rings. The van der Waals surface area contributed by atoms with Crippen molar-refractivity contribution in [3.05, 3.63) is 48.2 Å². The summed E-state index contributed by atoms with van der Waals surface area (Å²) in [5.41, 5.74) is 1.94. The van der Waals surface area contributed by atoms with Crippen molar-refractivity contribution in [3.8, 4) is 5.75 Å². The van der Waals surface area contributed by atoms with Gasteiger partial charge in [-0.05, 0) is 55.0 Å². The molecule has 0 aliphatic heterocycles. The molecule has 5 heteroatoms. The van der Waals surface area contributed by atoms with E-state index in [1.165, 1.54) is 0 Å². The lowest BCUT2D eigenvalue weighted by atomic mass is 10.3. The van der Waals surface area contributed by atoms with Crippen molar-refractivity contribution in [2.75, 3.05) is 17.7 Å². The summed E-state index contributed by atoms with van der Waals surface area (Å²) in [6.45, 7) is 1.98. The zero-order valence-electron chi connectivity index (χ0n) is 10.8. The van der Waals surface area contributed by atoms with Crippen LogP contribution in [-0.4, -0.2) is 17.2 Å². The summed E-state index contributed by atoms with van der Waals surface area (Å²) >= 11 is 5.25. The van der Waals surface area contributed by atoms with Crippen LogP contribution in [0.2, 0.25) is 0 Å². The molecule has 0 bridgehead atoms. The Balaban J connectivity index is 1.99. The van der Waals surface area contributed by atoms with Gasteiger partial charge in [0.15, 0.2) is 5.11 Å². The van der Waals surface area contributed by atoms with Crippen LogP contribution in [-0.2, 0) is 0 Å². The number of hydrogen-bond acceptors (Lipinski definition) is 3. The van der Waals surface area contributed by atoms with Gasteiger partial charge in [0.2, 0.25) is 0 Å². The van der Waals surface area contributed by atoms with E-state index >= 15 is 0 Å². The highest BCUT2D eigenvalue weighted by molar-refractivity contribution is 7.80. The Morgan fingerprint density at radius 1 is 1.16 bits per heavy atom. The predicted molar refractivity (Wildman–Crippen MR) is 81.8 cm³/mol. The van der Waals surface area contributed by atoms with Crippen LogP contribution in [0.25, 0.3) is 0 Å². The molecule has 0 atom stereocenters. The van der Waals surface area contributed by atoms with Gasteiger partial charge in [0.25, 0.3) is 0 Å². The molecule has 2 N–H and O–H groups in total. The molecule has 0 fully saturated rings. The highest BCUT2D eigenvalue weighted by Crippen LogP contribution is 2.16. The molecular formula is C14H15N3OS. The maximum absolute atomic E-state index is 5.25. The summed E-state index contributed by atoms with van der Waals surface area (Å²) in [5.74, 6) is 1.57. The Morgan fingerprint density at radius 3 is 2.53 bits per heavy atom. The Labute approximate surface area is 117 Å². The topological polar surface area (TPSA) is 46.2 Å². The van der Waals surface area contributed by atoms with Gasteiger partial charge in [-0.15, -0.1) is 0 Å². The Bertz CT molecular complexity index is 569. The molecular weight excluding hydrogens is 258 g/mol. The fourth-order valence-electron chi connectivity index (χ4n) is 1.56. The number of pyridine rings is 1. The number of aromatic nitrogens is 1. The average Bonchev–Trinajstić information content (AvgIpc) is 2.42. The third kappa shape index (κ3) is 3.66. The Kier molecular flexibility index (Phi) is 4.30. The summed E-state index contributed by atoms with van der Waals surface area (Å²) < 4.78 is 5.10. The maximum Gasteiger partial charge on any atom is 0.176 e. The van der Waals surface area contributed by atoms with E-state index in [1.54, 1.807) is 13.3 Å². The largest absolute Gasteiger partial charge is 0.497 e. The highest BCUT2D eigenvalue weighted by atomic mass is 32.1. The van der Waals surface area contributed by atoms with Gasteiger partial charge >= 0.3 is 0 Å². The highest BCUT2D eigenvalue weighted by Gasteiger charge is 2.02. The van der Waals surface area contributed by atoms with Crippen molar-refractivity contribution in [2.24, 2.45) is 0 Å². The Morgan fingerprint density at radius 2 is 1.89 bits per heavy atom. The molecule has 0 aliphatic carbocycles. The van der Waals surface area contributed by atoms with Gasteiger partial charge < -0.3 is 15.4 Å². The number of thiocarbonyl (C=S) groups is 1. The number of aryl methyl sites for hydroxylation is 1. The minimum Gasteiger partial charge on any atom is -0.497 e. The van der Waals surface area contributed by atoms with Gasteiger partial charge in [-0.25, -0.2) is 4.98 Å². The van der Waals surface area contributed by atoms with E-state index in [0.29, 0.717) is 5.11 Å². The molecule has 4 nitrogen and oxygen atoms in total. The second kappa shape index (κ2) is 6.15. The minimum absolute atomic E-state index is 0.506. The van der Waals surface area contributed by atoms with Crippen LogP contribution in [0.3, 0.4) is 0 Å². The van der Waals surface area contributed by atoms with Gasteiger partial charge in [-0.1, -0.05) is 6.07 Å². The van der Waals surface area contributed by atoms with Crippen molar-refractivity contribution in [1.82, 2.24) is 4.98 Å². The summed E-state index contributed by atoms with van der Waals surface area (Å²) in [5, 5.41) is 6.67. The van der Waals surface area contributed by atoms with Gasteiger partial charge in [0.1, 0.15) is 11.6 Å². The average molecular weight is 273 g/mol. The van der Waals surface area contributed by atoms with Crippen LogP contribution in [0, 0.1) is 6.92 Å². The van der Waals surface area contributed by atoms with Crippen molar-refractivity contribution in [3.63, 3.8) is 0 Å². The van der Waals surface area contributed by atoms with E-state index in [9.17, 15) is 0 Å². The minimum atomic E-state index is 0.506. The normalized spacial score (nSPS) is 9.79. The van der Waals surface area contributed by atoms with Crippen LogP contribution in [0.4, 0.5) is 11.5 Å². The molecule has 0 spiro atoms. The first kappa shape index (κ1) is 13.3. The van der Waals surface area contributed by atoms with Gasteiger partial charge in [0.05, 0.1) is 7.11 Å². The van der Waals surface area contributed by atoms with Crippen molar-refractivity contribution >= 4 is 28.8 Å². The predicted octanol–water partition coefficient (Wildman–Crippen LogP) is 3.21. The number of methoxy groups -OCH3 is 1. The second-order valence-corrected chi connectivity index (χ2v) is 4.38. The smallest absolute Gasteiger partial charge is 0.176 e. The summed E-state index contributed by atoms with van der Waals surface area (Å²) in [6.07, 6.45) is 1.73. The number of hydrogen-bond donors (Lipinski definition) is 2. The first-order chi connectivity index (χ1) is 9.19. The Hall–Kier alpha value is -2.14. The van der Waals surface area contributed by atoms with Gasteiger partial charge in [-0.3, -0.25) is 0 Å². The standard InChI is InChI=1S/C14H15N3OS/c1-10-4-3-9-15-13(10)17-14(19)16-11-5-7-12(18-2)8-6-11/h3-9H,1-2H3,(H2,15,16,17,19). The number of nitrogens with zero attached hydrogens (tertiary/aromatic N) is 1. The number of rotatable bonds is 3. The van der Waals surface area contributed by atoms with E-state index in [2.05, 4.69) is 15.6 Å². The summed E-state index contributed by atoms with van der Waals surface area (Å²) in [6, 6.07) is 11.4. The van der Waals surface area contributed by atoms with E-state index in [-0.39, 0.29) is 0 Å². The molecule has 1 aromatic heterocycles. The molecule has 0 unspecified atom stereocenters. The number of anilines is 2. The van der Waals surface area contributed by atoms with E-state index in [0.717, 1.165) is 22.8 Å². The third-order valence-corrected chi connectivity index (χ3v) is 2.79. The fourth-order valence-corrected chi connectivity index (χ4v) is 1.78. The third-order valence-electron chi connectivity index (χ3n) is 2.59. The molecule has 0 saturated carbocycles. The van der Waals surface area contributed by atoms with Crippen molar-refractivity contribution in [2.45, 2.75) is 6.92 Å². The molecule has 1 aromatic carbocycles. The SMILES string of the molecule is COc1ccc(NC(=S)Nc2ncccc2C)cc1.